The van der Waals surface area contributed by atoms with Crippen LogP contribution in [0.4, 0.5) is 0 Å². The molecule has 3 heteroatoms. The lowest BCUT2D eigenvalue weighted by Gasteiger charge is -2.37. The van der Waals surface area contributed by atoms with Crippen molar-refractivity contribution in [3.8, 4) is 5.75 Å². The van der Waals surface area contributed by atoms with E-state index in [-0.39, 0.29) is 17.6 Å². The number of hydrogen-bond donors (Lipinski definition) is 1. The summed E-state index contributed by atoms with van der Waals surface area (Å²) in [6.07, 6.45) is 1.15. The lowest BCUT2D eigenvalue weighted by Crippen LogP contribution is -2.41. The molecule has 0 amide bonds. The molecule has 0 fully saturated rings. The molecule has 2 unspecified atom stereocenters. The zero-order valence-electron chi connectivity index (χ0n) is 14.4. The summed E-state index contributed by atoms with van der Waals surface area (Å²) in [5.41, 5.74) is 1.30. The summed E-state index contributed by atoms with van der Waals surface area (Å²) < 4.78 is 11.7. The molecule has 0 saturated carbocycles. The molecule has 0 aliphatic carbocycles. The summed E-state index contributed by atoms with van der Waals surface area (Å²) >= 11 is 0. The first-order valence-corrected chi connectivity index (χ1v) is 7.95. The van der Waals surface area contributed by atoms with E-state index in [4.69, 9.17) is 9.47 Å². The van der Waals surface area contributed by atoms with E-state index in [1.807, 2.05) is 26.1 Å². The van der Waals surface area contributed by atoms with Crippen molar-refractivity contribution in [1.29, 1.82) is 0 Å². The Labute approximate surface area is 130 Å². The Morgan fingerprint density at radius 2 is 1.71 bits per heavy atom. The van der Waals surface area contributed by atoms with Crippen LogP contribution in [0, 0.1) is 5.41 Å². The lowest BCUT2D eigenvalue weighted by molar-refractivity contribution is -0.0350. The Hall–Kier alpha value is -1.06. The second-order valence-electron chi connectivity index (χ2n) is 6.43. The summed E-state index contributed by atoms with van der Waals surface area (Å²) in [6.45, 7) is 12.3. The van der Waals surface area contributed by atoms with Gasteiger partial charge in [-0.15, -0.1) is 0 Å². The van der Waals surface area contributed by atoms with Crippen molar-refractivity contribution in [1.82, 2.24) is 5.32 Å². The van der Waals surface area contributed by atoms with Gasteiger partial charge in [-0.3, -0.25) is 0 Å². The van der Waals surface area contributed by atoms with Crippen LogP contribution in [0.15, 0.2) is 24.3 Å². The highest BCUT2D eigenvalue weighted by atomic mass is 16.5. The Morgan fingerprint density at radius 3 is 2.14 bits per heavy atom. The highest BCUT2D eigenvalue weighted by molar-refractivity contribution is 5.30. The standard InChI is InChI=1S/C18H31NO2/c1-7-13-21-15-11-9-14(10-12-15)16(19-6)17(20-8-2)18(3,4)5/h9-12,16-17,19H,7-8,13H2,1-6H3. The normalized spacial score (nSPS) is 14.8. The van der Waals surface area contributed by atoms with Gasteiger partial charge >= 0.3 is 0 Å². The first-order valence-electron chi connectivity index (χ1n) is 7.95. The third-order valence-corrected chi connectivity index (χ3v) is 3.53. The Balaban J connectivity index is 2.91. The smallest absolute Gasteiger partial charge is 0.119 e. The number of likely N-dealkylation sites (N-methyl/N-ethyl adjacent to an activating group) is 1. The zero-order chi connectivity index (χ0) is 15.9. The van der Waals surface area contributed by atoms with Gasteiger partial charge in [0.05, 0.1) is 18.8 Å². The molecule has 0 aliphatic heterocycles. The van der Waals surface area contributed by atoms with Gasteiger partial charge in [0.2, 0.25) is 0 Å². The summed E-state index contributed by atoms with van der Waals surface area (Å²) in [5.74, 6) is 0.930. The fourth-order valence-corrected chi connectivity index (χ4v) is 2.51. The van der Waals surface area contributed by atoms with Gasteiger partial charge in [-0.1, -0.05) is 39.8 Å². The monoisotopic (exact) mass is 293 g/mol. The Morgan fingerprint density at radius 1 is 1.10 bits per heavy atom. The van der Waals surface area contributed by atoms with E-state index in [1.54, 1.807) is 0 Å². The van der Waals surface area contributed by atoms with Gasteiger partial charge in [0.1, 0.15) is 5.75 Å². The van der Waals surface area contributed by atoms with Crippen molar-refractivity contribution in [2.24, 2.45) is 5.41 Å². The first kappa shape index (κ1) is 18.0. The van der Waals surface area contributed by atoms with Crippen LogP contribution >= 0.6 is 0 Å². The topological polar surface area (TPSA) is 30.5 Å². The predicted molar refractivity (Wildman–Crippen MR) is 88.9 cm³/mol. The largest absolute Gasteiger partial charge is 0.494 e. The molecular weight excluding hydrogens is 262 g/mol. The van der Waals surface area contributed by atoms with Crippen LogP contribution in [0.25, 0.3) is 0 Å². The van der Waals surface area contributed by atoms with Crippen LogP contribution in [0.2, 0.25) is 0 Å². The Bertz CT molecular complexity index is 395. The lowest BCUT2D eigenvalue weighted by atomic mass is 9.82. The minimum absolute atomic E-state index is 0.0705. The first-order chi connectivity index (χ1) is 9.93. The van der Waals surface area contributed by atoms with Crippen molar-refractivity contribution in [2.45, 2.75) is 53.2 Å². The van der Waals surface area contributed by atoms with Gasteiger partial charge in [-0.05, 0) is 43.5 Å². The third kappa shape index (κ3) is 5.33. The highest BCUT2D eigenvalue weighted by Crippen LogP contribution is 2.33. The van der Waals surface area contributed by atoms with Crippen molar-refractivity contribution in [3.05, 3.63) is 29.8 Å². The second kappa shape index (κ2) is 8.40. The van der Waals surface area contributed by atoms with Crippen LogP contribution < -0.4 is 10.1 Å². The maximum absolute atomic E-state index is 6.02. The molecule has 0 bridgehead atoms. The summed E-state index contributed by atoms with van der Waals surface area (Å²) in [6, 6.07) is 8.51. The van der Waals surface area contributed by atoms with Crippen LogP contribution in [0.3, 0.4) is 0 Å². The van der Waals surface area contributed by atoms with Gasteiger partial charge in [0, 0.05) is 6.61 Å². The Kier molecular flexibility index (Phi) is 7.20. The molecule has 0 aromatic heterocycles. The van der Waals surface area contributed by atoms with Gasteiger partial charge < -0.3 is 14.8 Å². The molecule has 0 spiro atoms. The summed E-state index contributed by atoms with van der Waals surface area (Å²) in [7, 11) is 1.99. The zero-order valence-corrected chi connectivity index (χ0v) is 14.4. The molecule has 21 heavy (non-hydrogen) atoms. The average molecular weight is 293 g/mol. The second-order valence-corrected chi connectivity index (χ2v) is 6.43. The molecule has 2 atom stereocenters. The van der Waals surface area contributed by atoms with E-state index in [0.717, 1.165) is 25.4 Å². The number of rotatable bonds is 8. The number of hydrogen-bond acceptors (Lipinski definition) is 3. The maximum Gasteiger partial charge on any atom is 0.119 e. The van der Waals surface area contributed by atoms with Crippen LogP contribution in [0.1, 0.15) is 52.6 Å². The number of benzene rings is 1. The minimum atomic E-state index is 0.0705. The van der Waals surface area contributed by atoms with E-state index < -0.39 is 0 Å². The van der Waals surface area contributed by atoms with Gasteiger partial charge in [0.15, 0.2) is 0 Å². The van der Waals surface area contributed by atoms with Gasteiger partial charge in [-0.25, -0.2) is 0 Å². The van der Waals surface area contributed by atoms with Gasteiger partial charge in [0.25, 0.3) is 0 Å². The van der Waals surface area contributed by atoms with E-state index >= 15 is 0 Å². The number of nitrogens with one attached hydrogen (secondary N) is 1. The van der Waals surface area contributed by atoms with Crippen LogP contribution in [-0.2, 0) is 4.74 Å². The molecule has 1 N–H and O–H groups in total. The fraction of sp³-hybridized carbons (Fsp3) is 0.667. The molecular formula is C18H31NO2. The van der Waals surface area contributed by atoms with Crippen molar-refractivity contribution in [3.63, 3.8) is 0 Å². The van der Waals surface area contributed by atoms with Crippen molar-refractivity contribution in [2.75, 3.05) is 20.3 Å². The predicted octanol–water partition coefficient (Wildman–Crippen LogP) is 4.19. The summed E-state index contributed by atoms with van der Waals surface area (Å²) in [4.78, 5) is 0. The molecule has 120 valence electrons. The van der Waals surface area contributed by atoms with E-state index in [1.165, 1.54) is 5.56 Å². The average Bonchev–Trinajstić information content (AvgIpc) is 2.45. The van der Waals surface area contributed by atoms with E-state index in [2.05, 4.69) is 45.1 Å². The minimum Gasteiger partial charge on any atom is -0.494 e. The maximum atomic E-state index is 6.02. The number of ether oxygens (including phenoxy) is 2. The van der Waals surface area contributed by atoms with Crippen molar-refractivity contribution >= 4 is 0 Å². The molecule has 1 aromatic carbocycles. The molecule has 1 rings (SSSR count). The van der Waals surface area contributed by atoms with Crippen LogP contribution in [0.5, 0.6) is 5.75 Å². The quantitative estimate of drug-likeness (QED) is 0.779. The molecule has 0 saturated heterocycles. The fourth-order valence-electron chi connectivity index (χ4n) is 2.51. The SMILES string of the molecule is CCCOc1ccc(C(NC)C(OCC)C(C)(C)C)cc1. The van der Waals surface area contributed by atoms with E-state index in [0.29, 0.717) is 0 Å². The molecule has 0 aliphatic rings. The van der Waals surface area contributed by atoms with Gasteiger partial charge in [-0.2, -0.15) is 0 Å². The molecule has 3 nitrogen and oxygen atoms in total. The summed E-state index contributed by atoms with van der Waals surface area (Å²) in [5, 5.41) is 3.41. The van der Waals surface area contributed by atoms with E-state index in [9.17, 15) is 0 Å². The highest BCUT2D eigenvalue weighted by Gasteiger charge is 2.33. The molecule has 1 aromatic rings. The van der Waals surface area contributed by atoms with Crippen LogP contribution in [-0.4, -0.2) is 26.4 Å². The molecule has 0 radical (unpaired) electrons. The third-order valence-electron chi connectivity index (χ3n) is 3.53. The van der Waals surface area contributed by atoms with Crippen molar-refractivity contribution < 1.29 is 9.47 Å². The molecule has 0 heterocycles.